The van der Waals surface area contributed by atoms with Crippen LogP contribution in [0.5, 0.6) is 0 Å². The number of hydrogen-bond donors (Lipinski definition) is 0. The van der Waals surface area contributed by atoms with Gasteiger partial charge in [0.25, 0.3) is 0 Å². The minimum Gasteiger partial charge on any atom is -0.548 e. The summed E-state index contributed by atoms with van der Waals surface area (Å²) >= 11 is 0. The fourth-order valence-corrected chi connectivity index (χ4v) is 1.40. The molecule has 1 aromatic carbocycles. The van der Waals surface area contributed by atoms with Crippen LogP contribution >= 0.6 is 0 Å². The van der Waals surface area contributed by atoms with Crippen molar-refractivity contribution in [2.24, 2.45) is 0 Å². The molecule has 0 amide bonds. The molecule has 0 aliphatic rings. The van der Waals surface area contributed by atoms with Crippen LogP contribution in [-0.4, -0.2) is 15.5 Å². The van der Waals surface area contributed by atoms with E-state index in [1.165, 1.54) is 6.33 Å². The summed E-state index contributed by atoms with van der Waals surface area (Å²) in [6.07, 6.45) is 1.52. The lowest BCUT2D eigenvalue weighted by atomic mass is 10.3. The molecule has 0 bridgehead atoms. The zero-order chi connectivity index (χ0) is 10.1. The van der Waals surface area contributed by atoms with Crippen LogP contribution < -0.4 is 5.11 Å². The fourth-order valence-electron chi connectivity index (χ4n) is 1.40. The molecule has 0 N–H and O–H groups in total. The van der Waals surface area contributed by atoms with Gasteiger partial charge in [-0.15, -0.1) is 0 Å². The molecule has 14 heavy (non-hydrogen) atoms. The number of benzene rings is 1. The van der Waals surface area contributed by atoms with Crippen molar-refractivity contribution >= 4 is 17.0 Å². The third kappa shape index (κ3) is 1.25. The Balaban J connectivity index is 2.58. The molecule has 0 aliphatic heterocycles. The van der Waals surface area contributed by atoms with Gasteiger partial charge in [0.15, 0.2) is 0 Å². The summed E-state index contributed by atoms with van der Waals surface area (Å²) in [7, 11) is 0. The SMILES string of the molecule is C[C@@H](C(=O)[O-])n1cnc2ccccc21. The first-order chi connectivity index (χ1) is 6.70. The standard InChI is InChI=1S/C10H10N2O2/c1-7(10(13)14)12-6-11-8-4-2-3-5-9(8)12/h2-7H,1H3,(H,13,14)/p-1/t7-/m0/s1. The number of carboxylic acids is 1. The molecular weight excluding hydrogens is 180 g/mol. The number of aromatic nitrogens is 2. The molecule has 2 aromatic rings. The van der Waals surface area contributed by atoms with E-state index in [0.29, 0.717) is 0 Å². The van der Waals surface area contributed by atoms with Gasteiger partial charge in [-0.05, 0) is 19.1 Å². The van der Waals surface area contributed by atoms with Crippen molar-refractivity contribution in [2.75, 3.05) is 0 Å². The number of aliphatic carboxylic acids is 1. The predicted molar refractivity (Wildman–Crippen MR) is 49.5 cm³/mol. The van der Waals surface area contributed by atoms with E-state index in [0.717, 1.165) is 11.0 Å². The smallest absolute Gasteiger partial charge is 0.0964 e. The van der Waals surface area contributed by atoms with E-state index in [-0.39, 0.29) is 0 Å². The Bertz CT molecular complexity index is 476. The summed E-state index contributed by atoms with van der Waals surface area (Å²) in [4.78, 5) is 14.8. The van der Waals surface area contributed by atoms with Gasteiger partial charge in [-0.3, -0.25) is 0 Å². The second-order valence-corrected chi connectivity index (χ2v) is 3.14. The number of carbonyl (C=O) groups excluding carboxylic acids is 1. The molecule has 0 saturated carbocycles. The molecule has 0 fully saturated rings. The molecule has 0 saturated heterocycles. The van der Waals surface area contributed by atoms with Gasteiger partial charge in [0.1, 0.15) is 0 Å². The quantitative estimate of drug-likeness (QED) is 0.684. The van der Waals surface area contributed by atoms with Crippen molar-refractivity contribution in [3.05, 3.63) is 30.6 Å². The second-order valence-electron chi connectivity index (χ2n) is 3.14. The third-order valence-corrected chi connectivity index (χ3v) is 2.24. The van der Waals surface area contributed by atoms with Crippen LogP contribution in [0.3, 0.4) is 0 Å². The Kier molecular flexibility index (Phi) is 1.96. The van der Waals surface area contributed by atoms with Crippen molar-refractivity contribution in [1.82, 2.24) is 9.55 Å². The molecule has 4 nitrogen and oxygen atoms in total. The number of hydrogen-bond acceptors (Lipinski definition) is 3. The molecule has 2 rings (SSSR count). The van der Waals surface area contributed by atoms with Gasteiger partial charge in [0.2, 0.25) is 0 Å². The molecule has 0 radical (unpaired) electrons. The molecule has 0 aliphatic carbocycles. The lowest BCUT2D eigenvalue weighted by Crippen LogP contribution is -2.31. The van der Waals surface area contributed by atoms with Crippen LogP contribution in [0.4, 0.5) is 0 Å². The molecule has 1 atom stereocenters. The first-order valence-corrected chi connectivity index (χ1v) is 4.32. The van der Waals surface area contributed by atoms with Crippen LogP contribution in [0.2, 0.25) is 0 Å². The molecular formula is C10H9N2O2-. The highest BCUT2D eigenvalue weighted by Gasteiger charge is 2.08. The predicted octanol–water partition coefficient (Wildman–Crippen LogP) is 0.347. The number of carboxylic acid groups (broad SMARTS) is 1. The highest BCUT2D eigenvalue weighted by atomic mass is 16.4. The lowest BCUT2D eigenvalue weighted by molar-refractivity contribution is -0.309. The van der Waals surface area contributed by atoms with E-state index in [2.05, 4.69) is 4.98 Å². The van der Waals surface area contributed by atoms with E-state index in [1.807, 2.05) is 24.3 Å². The minimum absolute atomic E-state index is 0.692. The number of fused-ring (bicyclic) bond motifs is 1. The summed E-state index contributed by atoms with van der Waals surface area (Å²) in [6, 6.07) is 6.70. The van der Waals surface area contributed by atoms with Gasteiger partial charge in [0.05, 0.1) is 29.4 Å². The van der Waals surface area contributed by atoms with Gasteiger partial charge < -0.3 is 14.5 Å². The fraction of sp³-hybridized carbons (Fsp3) is 0.200. The Hall–Kier alpha value is -1.84. The third-order valence-electron chi connectivity index (χ3n) is 2.24. The summed E-state index contributed by atoms with van der Waals surface area (Å²) in [5, 5.41) is 10.7. The van der Waals surface area contributed by atoms with Gasteiger partial charge in [0, 0.05) is 0 Å². The minimum atomic E-state index is -1.10. The molecule has 72 valence electrons. The van der Waals surface area contributed by atoms with Crippen LogP contribution in [0.1, 0.15) is 13.0 Å². The zero-order valence-electron chi connectivity index (χ0n) is 7.68. The van der Waals surface area contributed by atoms with E-state index in [9.17, 15) is 9.90 Å². The van der Waals surface area contributed by atoms with Gasteiger partial charge >= 0.3 is 0 Å². The van der Waals surface area contributed by atoms with E-state index >= 15 is 0 Å². The van der Waals surface area contributed by atoms with Gasteiger partial charge in [-0.25, -0.2) is 4.98 Å². The number of rotatable bonds is 2. The Morgan fingerprint density at radius 3 is 2.93 bits per heavy atom. The highest BCUT2D eigenvalue weighted by Crippen LogP contribution is 2.16. The Labute approximate surface area is 80.8 Å². The maximum atomic E-state index is 10.7. The van der Waals surface area contributed by atoms with Crippen molar-refractivity contribution < 1.29 is 9.90 Å². The molecule has 1 aromatic heterocycles. The van der Waals surface area contributed by atoms with Crippen molar-refractivity contribution in [2.45, 2.75) is 13.0 Å². The van der Waals surface area contributed by atoms with E-state index in [1.54, 1.807) is 11.5 Å². The first-order valence-electron chi connectivity index (χ1n) is 4.32. The number of carbonyl (C=O) groups is 1. The second kappa shape index (κ2) is 3.14. The molecule has 0 unspecified atom stereocenters. The molecule has 1 heterocycles. The first kappa shape index (κ1) is 8.74. The summed E-state index contributed by atoms with van der Waals surface area (Å²) in [5.74, 6) is -1.10. The largest absolute Gasteiger partial charge is 0.548 e. The van der Waals surface area contributed by atoms with Crippen LogP contribution in [-0.2, 0) is 4.79 Å². The average Bonchev–Trinajstić information content (AvgIpc) is 2.60. The zero-order valence-corrected chi connectivity index (χ0v) is 7.68. The monoisotopic (exact) mass is 189 g/mol. The highest BCUT2D eigenvalue weighted by molar-refractivity contribution is 5.78. The van der Waals surface area contributed by atoms with Crippen LogP contribution in [0, 0.1) is 0 Å². The van der Waals surface area contributed by atoms with E-state index < -0.39 is 12.0 Å². The number of nitrogens with zero attached hydrogens (tertiary/aromatic N) is 2. The summed E-state index contributed by atoms with van der Waals surface area (Å²) in [5.41, 5.74) is 1.60. The van der Waals surface area contributed by atoms with Gasteiger partial charge in [-0.1, -0.05) is 12.1 Å². The maximum Gasteiger partial charge on any atom is 0.0964 e. The average molecular weight is 189 g/mol. The normalized spacial score (nSPS) is 12.9. The lowest BCUT2D eigenvalue weighted by Gasteiger charge is -2.14. The van der Waals surface area contributed by atoms with Crippen LogP contribution in [0.25, 0.3) is 11.0 Å². The molecule has 4 heteroatoms. The van der Waals surface area contributed by atoms with Crippen molar-refractivity contribution in [3.63, 3.8) is 0 Å². The summed E-state index contributed by atoms with van der Waals surface area (Å²) < 4.78 is 1.59. The summed E-state index contributed by atoms with van der Waals surface area (Å²) in [6.45, 7) is 1.57. The molecule has 0 spiro atoms. The topological polar surface area (TPSA) is 57.9 Å². The van der Waals surface area contributed by atoms with Crippen molar-refractivity contribution in [1.29, 1.82) is 0 Å². The maximum absolute atomic E-state index is 10.7. The van der Waals surface area contributed by atoms with Crippen molar-refractivity contribution in [3.8, 4) is 0 Å². The van der Waals surface area contributed by atoms with Gasteiger partial charge in [-0.2, -0.15) is 0 Å². The Morgan fingerprint density at radius 1 is 1.50 bits per heavy atom. The van der Waals surface area contributed by atoms with Crippen LogP contribution in [0.15, 0.2) is 30.6 Å². The number of para-hydroxylation sites is 2. The van der Waals surface area contributed by atoms with E-state index in [4.69, 9.17) is 0 Å². The Morgan fingerprint density at radius 2 is 2.21 bits per heavy atom. The number of imidazole rings is 1.